The third kappa shape index (κ3) is 4.24. The van der Waals surface area contributed by atoms with Crippen molar-refractivity contribution < 1.29 is 19.1 Å². The maximum Gasteiger partial charge on any atom is 0.329 e. The van der Waals surface area contributed by atoms with Crippen molar-refractivity contribution in [2.45, 2.75) is 13.5 Å². The van der Waals surface area contributed by atoms with Crippen LogP contribution in [-0.2, 0) is 11.3 Å². The lowest BCUT2D eigenvalue weighted by molar-refractivity contribution is -0.123. The standard InChI is InChI=1S/C20H19IN2O4/c1-3-27-18-15(21)9-14(11-17(18)26-2)10-16-19(24)23(20(25)22-16)12-13-7-5-4-6-8-13/h4-11H,3,12H2,1-2H3,(H,22,25)/b16-10+. The van der Waals surface area contributed by atoms with Crippen LogP contribution in [0.3, 0.4) is 0 Å². The molecule has 0 saturated carbocycles. The number of hydrogen-bond acceptors (Lipinski definition) is 4. The highest BCUT2D eigenvalue weighted by Crippen LogP contribution is 2.34. The number of benzene rings is 2. The molecule has 1 saturated heterocycles. The van der Waals surface area contributed by atoms with Crippen LogP contribution in [0.2, 0.25) is 0 Å². The van der Waals surface area contributed by atoms with Gasteiger partial charge in [0.25, 0.3) is 5.91 Å². The molecule has 2 aromatic carbocycles. The van der Waals surface area contributed by atoms with Crippen LogP contribution in [0.5, 0.6) is 11.5 Å². The first-order valence-electron chi connectivity index (χ1n) is 8.42. The fourth-order valence-corrected chi connectivity index (χ4v) is 3.54. The fourth-order valence-electron chi connectivity index (χ4n) is 2.76. The molecular weight excluding hydrogens is 459 g/mol. The van der Waals surface area contributed by atoms with Gasteiger partial charge in [0.2, 0.25) is 0 Å². The summed E-state index contributed by atoms with van der Waals surface area (Å²) in [5.41, 5.74) is 1.86. The Bertz CT molecular complexity index is 896. The lowest BCUT2D eigenvalue weighted by Gasteiger charge is -2.12. The van der Waals surface area contributed by atoms with E-state index < -0.39 is 6.03 Å². The first-order valence-corrected chi connectivity index (χ1v) is 9.50. The summed E-state index contributed by atoms with van der Waals surface area (Å²) in [7, 11) is 1.56. The molecule has 0 unspecified atom stereocenters. The van der Waals surface area contributed by atoms with Crippen molar-refractivity contribution in [3.63, 3.8) is 0 Å². The van der Waals surface area contributed by atoms with Crippen LogP contribution in [0.1, 0.15) is 18.1 Å². The molecule has 0 radical (unpaired) electrons. The molecule has 1 heterocycles. The highest BCUT2D eigenvalue weighted by Gasteiger charge is 2.33. The monoisotopic (exact) mass is 478 g/mol. The van der Waals surface area contributed by atoms with Crippen molar-refractivity contribution >= 4 is 40.6 Å². The van der Waals surface area contributed by atoms with Crippen molar-refractivity contribution in [3.05, 3.63) is 62.9 Å². The molecule has 1 N–H and O–H groups in total. The molecule has 0 aromatic heterocycles. The Morgan fingerprint density at radius 3 is 2.59 bits per heavy atom. The number of urea groups is 1. The zero-order chi connectivity index (χ0) is 19.4. The molecule has 7 heteroatoms. The Hall–Kier alpha value is -2.55. The molecule has 6 nitrogen and oxygen atoms in total. The Morgan fingerprint density at radius 1 is 1.19 bits per heavy atom. The molecule has 1 aliphatic heterocycles. The van der Waals surface area contributed by atoms with E-state index in [9.17, 15) is 9.59 Å². The zero-order valence-electron chi connectivity index (χ0n) is 15.0. The molecule has 0 spiro atoms. The second-order valence-corrected chi connectivity index (χ2v) is 6.99. The summed E-state index contributed by atoms with van der Waals surface area (Å²) < 4.78 is 11.9. The summed E-state index contributed by atoms with van der Waals surface area (Å²) in [6, 6.07) is 12.6. The van der Waals surface area contributed by atoms with Crippen LogP contribution in [0.15, 0.2) is 48.2 Å². The van der Waals surface area contributed by atoms with Gasteiger partial charge < -0.3 is 14.8 Å². The molecule has 140 valence electrons. The van der Waals surface area contributed by atoms with Crippen LogP contribution in [0, 0.1) is 3.57 Å². The Labute approximate surface area is 171 Å². The van der Waals surface area contributed by atoms with Gasteiger partial charge in [0.15, 0.2) is 11.5 Å². The van der Waals surface area contributed by atoms with E-state index in [1.54, 1.807) is 19.3 Å². The first kappa shape index (κ1) is 19.2. The number of amides is 3. The predicted molar refractivity (Wildman–Crippen MR) is 110 cm³/mol. The number of nitrogens with one attached hydrogen (secondary N) is 1. The summed E-state index contributed by atoms with van der Waals surface area (Å²) >= 11 is 2.16. The largest absolute Gasteiger partial charge is 0.493 e. The smallest absolute Gasteiger partial charge is 0.329 e. The predicted octanol–water partition coefficient (Wildman–Crippen LogP) is 3.79. The lowest BCUT2D eigenvalue weighted by Crippen LogP contribution is -2.30. The quantitative estimate of drug-likeness (QED) is 0.390. The maximum absolute atomic E-state index is 12.6. The number of carbonyl (C=O) groups excluding carboxylic acids is 2. The van der Waals surface area contributed by atoms with E-state index in [1.165, 1.54) is 4.90 Å². The third-order valence-corrected chi connectivity index (χ3v) is 4.80. The summed E-state index contributed by atoms with van der Waals surface area (Å²) in [5, 5.41) is 2.64. The van der Waals surface area contributed by atoms with E-state index in [1.807, 2.05) is 43.3 Å². The number of nitrogens with zero attached hydrogens (tertiary/aromatic N) is 1. The minimum atomic E-state index is -0.428. The molecule has 1 aliphatic rings. The number of ether oxygens (including phenoxy) is 2. The fraction of sp³-hybridized carbons (Fsp3) is 0.200. The van der Waals surface area contributed by atoms with Crippen LogP contribution in [0.25, 0.3) is 6.08 Å². The van der Waals surface area contributed by atoms with Crippen LogP contribution in [-0.4, -0.2) is 30.6 Å². The average molecular weight is 478 g/mol. The molecule has 27 heavy (non-hydrogen) atoms. The molecule has 3 rings (SSSR count). The van der Waals surface area contributed by atoms with Crippen molar-refractivity contribution in [2.75, 3.05) is 13.7 Å². The van der Waals surface area contributed by atoms with E-state index in [0.717, 1.165) is 14.7 Å². The normalized spacial score (nSPS) is 15.2. The topological polar surface area (TPSA) is 67.9 Å². The molecule has 2 aromatic rings. The van der Waals surface area contributed by atoms with Gasteiger partial charge in [-0.15, -0.1) is 0 Å². The second-order valence-electron chi connectivity index (χ2n) is 5.83. The van der Waals surface area contributed by atoms with E-state index in [-0.39, 0.29) is 18.1 Å². The van der Waals surface area contributed by atoms with Gasteiger partial charge in [-0.25, -0.2) is 4.79 Å². The van der Waals surface area contributed by atoms with Gasteiger partial charge >= 0.3 is 6.03 Å². The number of rotatable bonds is 6. The summed E-state index contributed by atoms with van der Waals surface area (Å²) in [6.45, 7) is 2.65. The van der Waals surface area contributed by atoms with E-state index >= 15 is 0 Å². The second kappa shape index (κ2) is 8.43. The van der Waals surface area contributed by atoms with Crippen LogP contribution < -0.4 is 14.8 Å². The lowest BCUT2D eigenvalue weighted by atomic mass is 10.1. The minimum absolute atomic E-state index is 0.229. The van der Waals surface area contributed by atoms with Gasteiger partial charge in [0.05, 0.1) is 23.8 Å². The van der Waals surface area contributed by atoms with Crippen LogP contribution in [0.4, 0.5) is 4.79 Å². The van der Waals surface area contributed by atoms with Gasteiger partial charge in [-0.3, -0.25) is 9.69 Å². The van der Waals surface area contributed by atoms with Gasteiger partial charge in [0.1, 0.15) is 5.70 Å². The van der Waals surface area contributed by atoms with Crippen molar-refractivity contribution in [2.24, 2.45) is 0 Å². The van der Waals surface area contributed by atoms with E-state index in [4.69, 9.17) is 9.47 Å². The molecule has 0 aliphatic carbocycles. The van der Waals surface area contributed by atoms with Crippen molar-refractivity contribution in [1.29, 1.82) is 0 Å². The number of hydrogen-bond donors (Lipinski definition) is 1. The number of imide groups is 1. The Balaban J connectivity index is 1.86. The van der Waals surface area contributed by atoms with Crippen molar-refractivity contribution in [3.8, 4) is 11.5 Å². The highest BCUT2D eigenvalue weighted by molar-refractivity contribution is 14.1. The van der Waals surface area contributed by atoms with Gasteiger partial charge in [0, 0.05) is 0 Å². The molecule has 0 bridgehead atoms. The number of carbonyl (C=O) groups is 2. The Morgan fingerprint density at radius 2 is 1.93 bits per heavy atom. The molecule has 3 amide bonds. The number of methoxy groups -OCH3 is 1. The molecule has 0 atom stereocenters. The van der Waals surface area contributed by atoms with E-state index in [0.29, 0.717) is 18.1 Å². The summed E-state index contributed by atoms with van der Waals surface area (Å²) in [6.07, 6.45) is 1.64. The van der Waals surface area contributed by atoms with Gasteiger partial charge in [-0.2, -0.15) is 0 Å². The summed E-state index contributed by atoms with van der Waals surface area (Å²) in [5.74, 6) is 0.885. The molecule has 1 fully saturated rings. The Kier molecular flexibility index (Phi) is 6.00. The average Bonchev–Trinajstić information content (AvgIpc) is 2.92. The first-order chi connectivity index (χ1) is 13.0. The van der Waals surface area contributed by atoms with Crippen molar-refractivity contribution in [1.82, 2.24) is 10.2 Å². The zero-order valence-corrected chi connectivity index (χ0v) is 17.1. The SMILES string of the molecule is CCOc1c(I)cc(/C=C2/NC(=O)N(Cc3ccccc3)C2=O)cc1OC. The minimum Gasteiger partial charge on any atom is -0.493 e. The summed E-state index contributed by atoms with van der Waals surface area (Å²) in [4.78, 5) is 26.1. The van der Waals surface area contributed by atoms with E-state index in [2.05, 4.69) is 27.9 Å². The molecular formula is C20H19IN2O4. The third-order valence-electron chi connectivity index (χ3n) is 4.00. The number of halogens is 1. The van der Waals surface area contributed by atoms with Crippen LogP contribution >= 0.6 is 22.6 Å². The van der Waals surface area contributed by atoms with Gasteiger partial charge in [-0.1, -0.05) is 30.3 Å². The van der Waals surface area contributed by atoms with Gasteiger partial charge in [-0.05, 0) is 58.9 Å². The highest BCUT2D eigenvalue weighted by atomic mass is 127. The maximum atomic E-state index is 12.6.